The van der Waals surface area contributed by atoms with E-state index < -0.39 is 0 Å². The van der Waals surface area contributed by atoms with Crippen molar-refractivity contribution in [1.82, 2.24) is 20.0 Å². The van der Waals surface area contributed by atoms with Crippen LogP contribution in [0.2, 0.25) is 0 Å². The zero-order chi connectivity index (χ0) is 12.3. The van der Waals surface area contributed by atoms with Crippen LogP contribution in [0.15, 0.2) is 10.7 Å². The van der Waals surface area contributed by atoms with E-state index in [1.807, 2.05) is 13.2 Å². The van der Waals surface area contributed by atoms with Crippen LogP contribution in [0, 0.1) is 0 Å². The molecule has 0 fully saturated rings. The van der Waals surface area contributed by atoms with Gasteiger partial charge < -0.3 is 10.2 Å². The maximum Gasteiger partial charge on any atom is 0.0711 e. The van der Waals surface area contributed by atoms with E-state index in [4.69, 9.17) is 0 Å². The Morgan fingerprint density at radius 3 is 2.56 bits per heavy atom. The third kappa shape index (κ3) is 3.06. The number of rotatable bonds is 5. The lowest BCUT2D eigenvalue weighted by atomic mass is 10.2. The van der Waals surface area contributed by atoms with Crippen LogP contribution in [-0.2, 0) is 0 Å². The van der Waals surface area contributed by atoms with Crippen molar-refractivity contribution < 1.29 is 0 Å². The van der Waals surface area contributed by atoms with Gasteiger partial charge in [0.2, 0.25) is 0 Å². The van der Waals surface area contributed by atoms with Crippen molar-refractivity contribution in [2.75, 3.05) is 27.7 Å². The van der Waals surface area contributed by atoms with Gasteiger partial charge >= 0.3 is 0 Å². The topological polar surface area (TPSA) is 33.1 Å². The van der Waals surface area contributed by atoms with Crippen LogP contribution in [0.1, 0.15) is 31.6 Å². The van der Waals surface area contributed by atoms with Crippen molar-refractivity contribution in [1.29, 1.82) is 0 Å². The minimum absolute atomic E-state index is 0.286. The van der Waals surface area contributed by atoms with Gasteiger partial charge in [-0.2, -0.15) is 5.10 Å². The maximum absolute atomic E-state index is 4.40. The summed E-state index contributed by atoms with van der Waals surface area (Å²) in [7, 11) is 6.14. The Labute approximate surface area is 106 Å². The first-order valence-electron chi connectivity index (χ1n) is 5.52. The van der Waals surface area contributed by atoms with Crippen LogP contribution < -0.4 is 5.32 Å². The molecule has 1 aromatic rings. The SMILES string of the molecule is CNC(CN(C)C)c1c(Br)cnn1C(C)C. The molecule has 16 heavy (non-hydrogen) atoms. The standard InChI is InChI=1S/C11H21BrN4/c1-8(2)16-11(9(12)6-14-16)10(13-3)7-15(4)5/h6,8,10,13H,7H2,1-5H3. The highest BCUT2D eigenvalue weighted by molar-refractivity contribution is 9.10. The second-order valence-corrected chi connectivity index (χ2v) is 5.37. The molecule has 1 unspecified atom stereocenters. The van der Waals surface area contributed by atoms with Gasteiger partial charge in [0, 0.05) is 12.6 Å². The molecule has 0 aliphatic carbocycles. The fraction of sp³-hybridized carbons (Fsp3) is 0.727. The van der Waals surface area contributed by atoms with E-state index in [-0.39, 0.29) is 6.04 Å². The molecular weight excluding hydrogens is 268 g/mol. The normalized spacial score (nSPS) is 13.8. The first kappa shape index (κ1) is 13.7. The van der Waals surface area contributed by atoms with Crippen molar-refractivity contribution in [2.45, 2.75) is 25.9 Å². The molecule has 1 rings (SSSR count). The molecule has 4 nitrogen and oxygen atoms in total. The second-order valence-electron chi connectivity index (χ2n) is 4.52. The van der Waals surface area contributed by atoms with Gasteiger partial charge in [-0.3, -0.25) is 4.68 Å². The number of likely N-dealkylation sites (N-methyl/N-ethyl adjacent to an activating group) is 2. The van der Waals surface area contributed by atoms with E-state index in [0.29, 0.717) is 6.04 Å². The lowest BCUT2D eigenvalue weighted by Crippen LogP contribution is -2.31. The van der Waals surface area contributed by atoms with Crippen LogP contribution in [0.25, 0.3) is 0 Å². The average molecular weight is 289 g/mol. The molecule has 0 aliphatic heterocycles. The lowest BCUT2D eigenvalue weighted by molar-refractivity contribution is 0.335. The largest absolute Gasteiger partial charge is 0.311 e. The number of hydrogen-bond donors (Lipinski definition) is 1. The Morgan fingerprint density at radius 1 is 1.50 bits per heavy atom. The zero-order valence-electron chi connectivity index (χ0n) is 10.7. The number of nitrogens with one attached hydrogen (secondary N) is 1. The minimum Gasteiger partial charge on any atom is -0.311 e. The molecule has 0 aromatic carbocycles. The smallest absolute Gasteiger partial charge is 0.0711 e. The van der Waals surface area contributed by atoms with Crippen molar-refractivity contribution in [3.8, 4) is 0 Å². The summed E-state index contributed by atoms with van der Waals surface area (Å²) in [5.41, 5.74) is 1.21. The Kier molecular flexibility index (Phi) is 4.95. The molecule has 92 valence electrons. The van der Waals surface area contributed by atoms with Gasteiger partial charge in [-0.15, -0.1) is 0 Å². The molecule has 1 N–H and O–H groups in total. The van der Waals surface area contributed by atoms with E-state index in [0.717, 1.165) is 11.0 Å². The Morgan fingerprint density at radius 2 is 2.12 bits per heavy atom. The van der Waals surface area contributed by atoms with E-state index in [1.165, 1.54) is 5.69 Å². The van der Waals surface area contributed by atoms with Gasteiger partial charge in [-0.1, -0.05) is 0 Å². The maximum atomic E-state index is 4.40. The van der Waals surface area contributed by atoms with Gasteiger partial charge in [-0.25, -0.2) is 0 Å². The average Bonchev–Trinajstić information content (AvgIpc) is 2.56. The molecule has 0 aliphatic rings. The summed E-state index contributed by atoms with van der Waals surface area (Å²) in [5, 5.41) is 7.74. The first-order chi connectivity index (χ1) is 7.47. The monoisotopic (exact) mass is 288 g/mol. The van der Waals surface area contributed by atoms with Crippen molar-refractivity contribution in [2.24, 2.45) is 0 Å². The van der Waals surface area contributed by atoms with Gasteiger partial charge in [0.1, 0.15) is 0 Å². The predicted octanol–water partition coefficient (Wildman–Crippen LogP) is 2.05. The molecule has 0 bridgehead atoms. The second kappa shape index (κ2) is 5.80. The first-order valence-corrected chi connectivity index (χ1v) is 6.31. The molecule has 0 saturated heterocycles. The van der Waals surface area contributed by atoms with Gasteiger partial charge in [-0.05, 0) is 50.9 Å². The summed E-state index contributed by atoms with van der Waals surface area (Å²) in [5.74, 6) is 0. The Bertz CT molecular complexity index is 333. The van der Waals surface area contributed by atoms with Crippen molar-refractivity contribution in [3.05, 3.63) is 16.4 Å². The highest BCUT2D eigenvalue weighted by Crippen LogP contribution is 2.26. The molecule has 1 atom stereocenters. The summed E-state index contributed by atoms with van der Waals surface area (Å²) in [6.45, 7) is 5.24. The Hall–Kier alpha value is -0.390. The molecule has 0 amide bonds. The summed E-state index contributed by atoms with van der Waals surface area (Å²) >= 11 is 3.57. The van der Waals surface area contributed by atoms with Gasteiger partial charge in [0.15, 0.2) is 0 Å². The molecule has 0 saturated carbocycles. The van der Waals surface area contributed by atoms with Crippen LogP contribution in [0.5, 0.6) is 0 Å². The number of halogens is 1. The summed E-state index contributed by atoms with van der Waals surface area (Å²) < 4.78 is 3.14. The molecule has 5 heteroatoms. The van der Waals surface area contributed by atoms with E-state index in [2.05, 4.69) is 63.9 Å². The fourth-order valence-electron chi connectivity index (χ4n) is 1.77. The summed E-state index contributed by atoms with van der Waals surface area (Å²) in [6.07, 6.45) is 1.87. The molecule has 0 radical (unpaired) electrons. The quantitative estimate of drug-likeness (QED) is 0.900. The third-order valence-corrected chi connectivity index (χ3v) is 3.11. The highest BCUT2D eigenvalue weighted by Gasteiger charge is 2.20. The van der Waals surface area contributed by atoms with Crippen molar-refractivity contribution in [3.63, 3.8) is 0 Å². The van der Waals surface area contributed by atoms with Crippen LogP contribution >= 0.6 is 15.9 Å². The predicted molar refractivity (Wildman–Crippen MR) is 70.7 cm³/mol. The highest BCUT2D eigenvalue weighted by atomic mass is 79.9. The zero-order valence-corrected chi connectivity index (χ0v) is 12.2. The third-order valence-electron chi connectivity index (χ3n) is 2.50. The van der Waals surface area contributed by atoms with E-state index in [1.54, 1.807) is 0 Å². The van der Waals surface area contributed by atoms with Gasteiger partial charge in [0.05, 0.1) is 22.4 Å². The summed E-state index contributed by atoms with van der Waals surface area (Å²) in [4.78, 5) is 2.17. The number of hydrogen-bond acceptors (Lipinski definition) is 3. The molecule has 0 spiro atoms. The van der Waals surface area contributed by atoms with Crippen LogP contribution in [0.3, 0.4) is 0 Å². The lowest BCUT2D eigenvalue weighted by Gasteiger charge is -2.23. The van der Waals surface area contributed by atoms with Crippen LogP contribution in [0.4, 0.5) is 0 Å². The fourth-order valence-corrected chi connectivity index (χ4v) is 2.32. The van der Waals surface area contributed by atoms with Crippen LogP contribution in [-0.4, -0.2) is 42.4 Å². The molecule has 1 heterocycles. The summed E-state index contributed by atoms with van der Waals surface area (Å²) in [6, 6.07) is 0.661. The number of nitrogens with zero attached hydrogens (tertiary/aromatic N) is 3. The molecular formula is C11H21BrN4. The van der Waals surface area contributed by atoms with E-state index >= 15 is 0 Å². The van der Waals surface area contributed by atoms with Crippen molar-refractivity contribution >= 4 is 15.9 Å². The minimum atomic E-state index is 0.286. The Balaban J connectivity index is 3.03. The number of aromatic nitrogens is 2. The van der Waals surface area contributed by atoms with E-state index in [9.17, 15) is 0 Å². The van der Waals surface area contributed by atoms with Gasteiger partial charge in [0.25, 0.3) is 0 Å². The molecule has 1 aromatic heterocycles.